The second-order valence-corrected chi connectivity index (χ2v) is 7.14. The van der Waals surface area contributed by atoms with E-state index in [-0.39, 0.29) is 23.9 Å². The number of thiophene rings is 1. The first-order valence-electron chi connectivity index (χ1n) is 8.21. The number of carbonyl (C=O) groups is 3. The topological polar surface area (TPSA) is 69.7 Å². The Labute approximate surface area is 144 Å². The van der Waals surface area contributed by atoms with Crippen molar-refractivity contribution in [3.63, 3.8) is 0 Å². The summed E-state index contributed by atoms with van der Waals surface area (Å²) in [5.41, 5.74) is 0.789. The lowest BCUT2D eigenvalue weighted by Crippen LogP contribution is -2.27. The number of rotatable bonds is 4. The Morgan fingerprint density at radius 3 is 2.46 bits per heavy atom. The lowest BCUT2D eigenvalue weighted by molar-refractivity contribution is 0.0171. The van der Waals surface area contributed by atoms with Crippen molar-refractivity contribution in [1.82, 2.24) is 0 Å². The van der Waals surface area contributed by atoms with Gasteiger partial charge in [0.25, 0.3) is 0 Å². The fraction of sp³-hybridized carbons (Fsp3) is 0.500. The molecule has 0 saturated heterocycles. The molecule has 1 aliphatic heterocycles. The Balaban J connectivity index is 2.05. The van der Waals surface area contributed by atoms with Gasteiger partial charge in [-0.2, -0.15) is 0 Å². The second-order valence-electron chi connectivity index (χ2n) is 6.12. The van der Waals surface area contributed by atoms with Gasteiger partial charge in [-0.05, 0) is 32.3 Å². The van der Waals surface area contributed by atoms with Crippen molar-refractivity contribution in [3.8, 4) is 0 Å². The van der Waals surface area contributed by atoms with Crippen molar-refractivity contribution in [2.75, 3.05) is 6.61 Å². The molecule has 0 unspecified atom stereocenters. The molecule has 1 aromatic heterocycles. The number of hydrogen-bond acceptors (Lipinski definition) is 6. The number of carbonyl (C=O) groups excluding carboxylic acids is 3. The summed E-state index contributed by atoms with van der Waals surface area (Å²) in [5.74, 6) is -0.792. The third-order valence-electron chi connectivity index (χ3n) is 4.90. The van der Waals surface area contributed by atoms with Crippen LogP contribution in [0.1, 0.15) is 75.3 Å². The number of esters is 1. The summed E-state index contributed by atoms with van der Waals surface area (Å²) in [6.07, 6.45) is 1.92. The van der Waals surface area contributed by atoms with Gasteiger partial charge in [-0.25, -0.2) is 4.79 Å². The molecule has 6 heteroatoms. The summed E-state index contributed by atoms with van der Waals surface area (Å²) in [6.45, 7) is 7.64. The van der Waals surface area contributed by atoms with Gasteiger partial charge < -0.3 is 9.47 Å². The van der Waals surface area contributed by atoms with Crippen LogP contribution in [0.3, 0.4) is 0 Å². The molecule has 1 aromatic rings. The summed E-state index contributed by atoms with van der Waals surface area (Å²) in [6, 6.07) is 0. The molecule has 1 aliphatic carbocycles. The Morgan fingerprint density at radius 2 is 1.88 bits per heavy atom. The van der Waals surface area contributed by atoms with Crippen molar-refractivity contribution < 1.29 is 23.9 Å². The van der Waals surface area contributed by atoms with Gasteiger partial charge in [0.1, 0.15) is 10.5 Å². The van der Waals surface area contributed by atoms with E-state index in [0.29, 0.717) is 32.9 Å². The Kier molecular flexibility index (Phi) is 4.11. The highest BCUT2D eigenvalue weighted by Crippen LogP contribution is 2.46. The molecule has 128 valence electrons. The molecule has 0 amide bonds. The predicted octanol–water partition coefficient (Wildman–Crippen LogP) is 3.85. The molecule has 2 aliphatic rings. The number of fused-ring (bicyclic) bond motifs is 1. The molecule has 0 spiro atoms. The highest BCUT2D eigenvalue weighted by molar-refractivity contribution is 7.16. The maximum absolute atomic E-state index is 12.9. The number of hydrogen-bond donors (Lipinski definition) is 0. The molecule has 0 bridgehead atoms. The van der Waals surface area contributed by atoms with Crippen LogP contribution >= 0.6 is 11.3 Å². The minimum absolute atomic E-state index is 0.174. The first-order chi connectivity index (χ1) is 11.4. The third-order valence-corrected chi connectivity index (χ3v) is 6.17. The lowest BCUT2D eigenvalue weighted by Gasteiger charge is -2.26. The van der Waals surface area contributed by atoms with Gasteiger partial charge in [0, 0.05) is 6.42 Å². The molecule has 0 atom stereocenters. The maximum Gasteiger partial charge on any atom is 0.348 e. The first kappa shape index (κ1) is 16.9. The molecule has 5 nitrogen and oxygen atoms in total. The Bertz CT molecular complexity index is 780. The quantitative estimate of drug-likeness (QED) is 0.773. The van der Waals surface area contributed by atoms with Crippen LogP contribution < -0.4 is 0 Å². The zero-order chi connectivity index (χ0) is 17.6. The summed E-state index contributed by atoms with van der Waals surface area (Å²) in [5, 5.41) is 0. The van der Waals surface area contributed by atoms with E-state index in [1.54, 1.807) is 13.8 Å². The minimum atomic E-state index is -0.493. The van der Waals surface area contributed by atoms with E-state index in [2.05, 4.69) is 0 Å². The van der Waals surface area contributed by atoms with E-state index in [0.717, 1.165) is 24.2 Å². The minimum Gasteiger partial charge on any atom is -0.482 e. The molecule has 0 N–H and O–H groups in total. The summed E-state index contributed by atoms with van der Waals surface area (Å²) >= 11 is 1.05. The van der Waals surface area contributed by atoms with E-state index < -0.39 is 11.6 Å². The third kappa shape index (κ3) is 2.24. The molecule has 0 aromatic carbocycles. The molecule has 0 saturated carbocycles. The van der Waals surface area contributed by atoms with Crippen LogP contribution in [0.15, 0.2) is 11.3 Å². The molecule has 24 heavy (non-hydrogen) atoms. The SMILES string of the molecule is CCOC(=O)c1sc2c(c1C)C(=O)C1=C(CC(CC)(CC)O1)C2=O. The van der Waals surface area contributed by atoms with Crippen LogP contribution in [0.2, 0.25) is 0 Å². The first-order valence-corrected chi connectivity index (χ1v) is 9.02. The van der Waals surface area contributed by atoms with Gasteiger partial charge in [0.15, 0.2) is 5.76 Å². The van der Waals surface area contributed by atoms with Gasteiger partial charge in [0.05, 0.1) is 22.6 Å². The van der Waals surface area contributed by atoms with Crippen molar-refractivity contribution in [1.29, 1.82) is 0 Å². The molecule has 3 rings (SSSR count). The Morgan fingerprint density at radius 1 is 1.21 bits per heavy atom. The molecular formula is C18H20O5S. The fourth-order valence-electron chi connectivity index (χ4n) is 3.32. The number of ketones is 2. The van der Waals surface area contributed by atoms with Crippen LogP contribution in [0.25, 0.3) is 0 Å². The highest BCUT2D eigenvalue weighted by atomic mass is 32.1. The van der Waals surface area contributed by atoms with Crippen LogP contribution in [-0.4, -0.2) is 29.7 Å². The molecular weight excluding hydrogens is 328 g/mol. The molecule has 0 radical (unpaired) electrons. The van der Waals surface area contributed by atoms with Crippen LogP contribution in [0, 0.1) is 6.92 Å². The van der Waals surface area contributed by atoms with E-state index in [4.69, 9.17) is 9.47 Å². The highest BCUT2D eigenvalue weighted by Gasteiger charge is 2.48. The number of ether oxygens (including phenoxy) is 2. The van der Waals surface area contributed by atoms with Gasteiger partial charge in [-0.3, -0.25) is 9.59 Å². The van der Waals surface area contributed by atoms with Crippen LogP contribution in [-0.2, 0) is 9.47 Å². The van der Waals surface area contributed by atoms with Crippen molar-refractivity contribution in [2.24, 2.45) is 0 Å². The average Bonchev–Trinajstić information content (AvgIpc) is 3.13. The maximum atomic E-state index is 12.9. The largest absolute Gasteiger partial charge is 0.482 e. The van der Waals surface area contributed by atoms with Crippen LogP contribution in [0.4, 0.5) is 0 Å². The van der Waals surface area contributed by atoms with Gasteiger partial charge in [-0.1, -0.05) is 13.8 Å². The van der Waals surface area contributed by atoms with Crippen molar-refractivity contribution in [2.45, 2.75) is 52.6 Å². The fourth-order valence-corrected chi connectivity index (χ4v) is 4.48. The predicted molar refractivity (Wildman–Crippen MR) is 89.7 cm³/mol. The summed E-state index contributed by atoms with van der Waals surface area (Å²) < 4.78 is 11.0. The lowest BCUT2D eigenvalue weighted by atomic mass is 9.86. The van der Waals surface area contributed by atoms with E-state index >= 15 is 0 Å². The summed E-state index contributed by atoms with van der Waals surface area (Å²) in [7, 11) is 0. The average molecular weight is 348 g/mol. The Hall–Kier alpha value is -1.95. The molecule has 2 heterocycles. The van der Waals surface area contributed by atoms with Crippen molar-refractivity contribution >= 4 is 28.9 Å². The normalized spacial score (nSPS) is 18.3. The van der Waals surface area contributed by atoms with Gasteiger partial charge >= 0.3 is 5.97 Å². The van der Waals surface area contributed by atoms with Crippen molar-refractivity contribution in [3.05, 3.63) is 32.2 Å². The smallest absolute Gasteiger partial charge is 0.348 e. The number of allylic oxidation sites excluding steroid dienone is 1. The summed E-state index contributed by atoms with van der Waals surface area (Å²) in [4.78, 5) is 38.5. The van der Waals surface area contributed by atoms with Gasteiger partial charge in [-0.15, -0.1) is 11.3 Å². The standard InChI is InChI=1S/C18H20O5S/c1-5-18(6-2)8-10-12(19)16-11(13(20)14(10)23-18)9(4)15(24-16)17(21)22-7-3/h5-8H2,1-4H3. The van der Waals surface area contributed by atoms with Gasteiger partial charge in [0.2, 0.25) is 11.6 Å². The van der Waals surface area contributed by atoms with Crippen LogP contribution in [0.5, 0.6) is 0 Å². The zero-order valence-electron chi connectivity index (χ0n) is 14.3. The zero-order valence-corrected chi connectivity index (χ0v) is 15.1. The second kappa shape index (κ2) is 5.84. The monoisotopic (exact) mass is 348 g/mol. The van der Waals surface area contributed by atoms with E-state index in [1.165, 1.54) is 0 Å². The van der Waals surface area contributed by atoms with E-state index in [1.807, 2.05) is 13.8 Å². The molecule has 0 fully saturated rings. The number of Topliss-reactive ketones (excluding diaryl/α,β-unsaturated/α-hetero) is 2. The van der Waals surface area contributed by atoms with E-state index in [9.17, 15) is 14.4 Å².